The molecule has 39 heavy (non-hydrogen) atoms. The number of fused-ring (bicyclic) bond motifs is 1. The Morgan fingerprint density at radius 2 is 1.74 bits per heavy atom. The lowest BCUT2D eigenvalue weighted by molar-refractivity contribution is -0.0900. The lowest BCUT2D eigenvalue weighted by Crippen LogP contribution is -2.42. The average Bonchev–Trinajstić information content (AvgIpc) is 3.31. The number of unbranched alkanes of at least 4 members (excludes halogenated alkanes) is 1. The molecule has 0 aliphatic carbocycles. The van der Waals surface area contributed by atoms with E-state index in [0.717, 1.165) is 17.3 Å². The second-order valence-electron chi connectivity index (χ2n) is 8.38. The van der Waals surface area contributed by atoms with E-state index >= 15 is 0 Å². The molecule has 4 unspecified atom stereocenters. The average molecular weight is 620 g/mol. The van der Waals surface area contributed by atoms with Crippen molar-refractivity contribution >= 4 is 34.6 Å². The number of aromatic nitrogens is 4. The molecule has 3 heterocycles. The molecule has 2 aromatic rings. The normalized spacial score (nSPS) is 27.0. The third-order valence-corrected chi connectivity index (χ3v) is 9.19. The van der Waals surface area contributed by atoms with Crippen molar-refractivity contribution in [1.82, 2.24) is 19.5 Å². The van der Waals surface area contributed by atoms with Crippen LogP contribution >= 0.6 is 23.5 Å². The van der Waals surface area contributed by atoms with Crippen molar-refractivity contribution < 1.29 is 71.6 Å². The molecule has 0 bridgehead atoms. The van der Waals surface area contributed by atoms with Crippen LogP contribution in [0.25, 0.3) is 11.2 Å². The number of aliphatic hydroxyl groups excluding tert-OH is 2. The maximum absolute atomic E-state index is 12.6. The van der Waals surface area contributed by atoms with Crippen LogP contribution < -0.4 is 0 Å². The summed E-state index contributed by atoms with van der Waals surface area (Å²) in [7, 11) is -17.2. The number of rotatable bonds is 12. The van der Waals surface area contributed by atoms with E-state index in [4.69, 9.17) is 19.0 Å². The van der Waals surface area contributed by atoms with Gasteiger partial charge in [-0.25, -0.2) is 18.7 Å². The molecule has 0 aromatic carbocycles. The lowest BCUT2D eigenvalue weighted by Gasteiger charge is -2.30. The van der Waals surface area contributed by atoms with Crippen molar-refractivity contribution in [2.75, 3.05) is 0 Å². The van der Waals surface area contributed by atoms with Gasteiger partial charge in [0.05, 0.1) is 6.33 Å². The van der Waals surface area contributed by atoms with E-state index in [1.54, 1.807) is 6.08 Å². The summed E-state index contributed by atoms with van der Waals surface area (Å²) in [5.74, 6) is -1.59. The number of aromatic hydroxyl groups is 2. The summed E-state index contributed by atoms with van der Waals surface area (Å²) >= 11 is 0. The molecule has 8 atom stereocenters. The van der Waals surface area contributed by atoms with Gasteiger partial charge in [0.2, 0.25) is 5.88 Å². The molecule has 0 spiro atoms. The Labute approximate surface area is 219 Å². The van der Waals surface area contributed by atoms with Crippen LogP contribution in [0.5, 0.6) is 11.9 Å². The third-order valence-electron chi connectivity index (χ3n) is 5.35. The Bertz CT molecular complexity index is 1350. The van der Waals surface area contributed by atoms with Gasteiger partial charge in [0, 0.05) is 5.92 Å². The van der Waals surface area contributed by atoms with Crippen LogP contribution in [-0.4, -0.2) is 83.9 Å². The predicted molar refractivity (Wildman–Crippen MR) is 127 cm³/mol. The summed E-state index contributed by atoms with van der Waals surface area (Å²) in [6, 6.07) is -0.841. The Hall–Kier alpha value is -1.82. The van der Waals surface area contributed by atoms with Gasteiger partial charge in [-0.05, 0) is 6.42 Å². The molecule has 8 N–H and O–H groups in total. The minimum atomic E-state index is -5.84. The fourth-order valence-corrected chi connectivity index (χ4v) is 7.04. The van der Waals surface area contributed by atoms with E-state index in [9.17, 15) is 43.9 Å². The van der Waals surface area contributed by atoms with E-state index in [-0.39, 0.29) is 11.2 Å². The molecule has 22 heteroatoms. The summed E-state index contributed by atoms with van der Waals surface area (Å²) in [4.78, 5) is 48.0. The van der Waals surface area contributed by atoms with Gasteiger partial charge in [-0.3, -0.25) is 9.09 Å². The van der Waals surface area contributed by atoms with Crippen LogP contribution in [0.3, 0.4) is 0 Å². The summed E-state index contributed by atoms with van der Waals surface area (Å²) in [6.07, 6.45) is -2.94. The summed E-state index contributed by atoms with van der Waals surface area (Å²) in [5.41, 5.74) is -0.403. The molecule has 1 fully saturated rings. The van der Waals surface area contributed by atoms with Crippen molar-refractivity contribution in [2.24, 2.45) is 5.92 Å². The first-order valence-corrected chi connectivity index (χ1v) is 15.6. The highest BCUT2D eigenvalue weighted by atomic mass is 31.3. The number of phosphoric acid groups is 3. The minimum Gasteiger partial charge on any atom is -0.492 e. The fourth-order valence-electron chi connectivity index (χ4n) is 3.76. The van der Waals surface area contributed by atoms with Crippen LogP contribution in [0.2, 0.25) is 0 Å². The van der Waals surface area contributed by atoms with E-state index in [1.807, 2.05) is 6.92 Å². The van der Waals surface area contributed by atoms with Crippen LogP contribution in [0.4, 0.5) is 0 Å². The predicted octanol–water partition coefficient (Wildman–Crippen LogP) is 0.561. The SMILES string of the molecule is CCCC=CC(C)C(OP(=O)(O)OP(=O)(O)OP(=O)(O)O)[C@H]1O[C@@H](n2cnc3c(O)nc(O)nc32)[C@H](O)[C@@H]1O. The monoisotopic (exact) mass is 620 g/mol. The van der Waals surface area contributed by atoms with Gasteiger partial charge in [0.1, 0.15) is 24.4 Å². The van der Waals surface area contributed by atoms with Crippen LogP contribution in [0.1, 0.15) is 32.9 Å². The molecule has 19 nitrogen and oxygen atoms in total. The molecule has 1 aliphatic heterocycles. The number of aliphatic hydroxyl groups is 2. The Kier molecular flexibility index (Phi) is 9.73. The molecular formula is C17H27N4O15P3. The molecule has 1 saturated heterocycles. The Balaban J connectivity index is 1.94. The second kappa shape index (κ2) is 12.0. The maximum atomic E-state index is 12.6. The number of nitrogens with zero attached hydrogens (tertiary/aromatic N) is 4. The summed E-state index contributed by atoms with van der Waals surface area (Å²) < 4.78 is 54.6. The van der Waals surface area contributed by atoms with Crippen LogP contribution in [-0.2, 0) is 31.6 Å². The van der Waals surface area contributed by atoms with Crippen molar-refractivity contribution in [3.63, 3.8) is 0 Å². The zero-order valence-corrected chi connectivity index (χ0v) is 22.9. The standard InChI is InChI=1S/C17H27N4O15P3/c1-3-4-5-6-8(2)12(34-38(29,30)36-39(31,32)35-37(26,27)28)13-10(22)11(23)16(33-13)21-7-18-9-14(21)19-17(25)20-15(9)24/h5-8,10-13,16,22-23H,3-4H2,1-2H3,(H,29,30)(H,31,32)(H2,26,27,28)(H2,19,20,24,25)/t8?,10-,11+,12?,13-,16+/m0/s1. The maximum Gasteiger partial charge on any atom is 0.490 e. The smallest absolute Gasteiger partial charge is 0.490 e. The van der Waals surface area contributed by atoms with Crippen molar-refractivity contribution in [3.05, 3.63) is 18.5 Å². The van der Waals surface area contributed by atoms with Gasteiger partial charge in [-0.2, -0.15) is 18.6 Å². The number of hydrogen-bond acceptors (Lipinski definition) is 14. The summed E-state index contributed by atoms with van der Waals surface area (Å²) in [6.45, 7) is 3.32. The number of allylic oxidation sites excluding steroid dienone is 1. The fraction of sp³-hybridized carbons (Fsp3) is 0.588. The lowest BCUT2D eigenvalue weighted by atomic mass is 9.95. The number of ether oxygens (including phenoxy) is 1. The van der Waals surface area contributed by atoms with E-state index in [0.29, 0.717) is 6.42 Å². The molecule has 0 radical (unpaired) electrons. The third kappa shape index (κ3) is 7.89. The van der Waals surface area contributed by atoms with Crippen molar-refractivity contribution in [3.8, 4) is 11.9 Å². The van der Waals surface area contributed by atoms with Gasteiger partial charge in [-0.15, -0.1) is 0 Å². The largest absolute Gasteiger partial charge is 0.492 e. The Morgan fingerprint density at radius 1 is 1.08 bits per heavy atom. The highest BCUT2D eigenvalue weighted by Crippen LogP contribution is 2.67. The van der Waals surface area contributed by atoms with Gasteiger partial charge in [-0.1, -0.05) is 32.4 Å². The first-order chi connectivity index (χ1) is 17.9. The highest BCUT2D eigenvalue weighted by Gasteiger charge is 2.52. The molecule has 1 aliphatic rings. The molecule has 0 saturated carbocycles. The van der Waals surface area contributed by atoms with Gasteiger partial charge < -0.3 is 44.7 Å². The molecule has 0 amide bonds. The van der Waals surface area contributed by atoms with E-state index < -0.39 is 71.9 Å². The van der Waals surface area contributed by atoms with Crippen LogP contribution in [0.15, 0.2) is 18.5 Å². The Morgan fingerprint density at radius 3 is 2.36 bits per heavy atom. The molecule has 220 valence electrons. The zero-order valence-electron chi connectivity index (χ0n) is 20.2. The quantitative estimate of drug-likeness (QED) is 0.119. The van der Waals surface area contributed by atoms with Gasteiger partial charge >= 0.3 is 29.5 Å². The molecule has 3 rings (SSSR count). The first kappa shape index (κ1) is 31.7. The topological polar surface area (TPSA) is 294 Å². The van der Waals surface area contributed by atoms with Gasteiger partial charge in [0.15, 0.2) is 17.4 Å². The van der Waals surface area contributed by atoms with Gasteiger partial charge in [0.25, 0.3) is 0 Å². The van der Waals surface area contributed by atoms with Crippen LogP contribution in [0, 0.1) is 5.92 Å². The minimum absolute atomic E-state index is 0.192. The van der Waals surface area contributed by atoms with Crippen molar-refractivity contribution in [1.29, 1.82) is 0 Å². The second-order valence-corrected chi connectivity index (χ2v) is 12.8. The highest BCUT2D eigenvalue weighted by molar-refractivity contribution is 7.66. The summed E-state index contributed by atoms with van der Waals surface area (Å²) in [5, 5.41) is 41.1. The van der Waals surface area contributed by atoms with Crippen molar-refractivity contribution in [2.45, 2.75) is 57.3 Å². The first-order valence-electron chi connectivity index (χ1n) is 11.1. The molecular weight excluding hydrogens is 593 g/mol. The number of imidazole rings is 1. The van der Waals surface area contributed by atoms with E-state index in [1.165, 1.54) is 13.0 Å². The zero-order chi connectivity index (χ0) is 29.3. The number of hydrogen-bond donors (Lipinski definition) is 8. The number of phosphoric ester groups is 1. The van der Waals surface area contributed by atoms with E-state index in [2.05, 4.69) is 23.6 Å². The molecule has 2 aromatic heterocycles.